The highest BCUT2D eigenvalue weighted by atomic mass is 35.5. The van der Waals surface area contributed by atoms with Crippen LogP contribution in [0.4, 0.5) is 11.5 Å². The van der Waals surface area contributed by atoms with Crippen LogP contribution in [0.3, 0.4) is 0 Å². The van der Waals surface area contributed by atoms with Crippen molar-refractivity contribution in [3.8, 4) is 0 Å². The van der Waals surface area contributed by atoms with Crippen LogP contribution >= 0.6 is 24.8 Å². The monoisotopic (exact) mass is 214 g/mol. The SMILES string of the molecule is Cl.Cl.Nc1cnn(CCO)c1N. The summed E-state index contributed by atoms with van der Waals surface area (Å²) >= 11 is 0. The van der Waals surface area contributed by atoms with Gasteiger partial charge in [-0.05, 0) is 0 Å². The Hall–Kier alpha value is -0.650. The number of nitrogens with two attached hydrogens (primary N) is 2. The third-order valence-corrected chi connectivity index (χ3v) is 1.22. The molecular formula is C5H12Cl2N4O. The van der Waals surface area contributed by atoms with Gasteiger partial charge in [-0.25, -0.2) is 4.68 Å². The summed E-state index contributed by atoms with van der Waals surface area (Å²) in [7, 11) is 0. The zero-order chi connectivity index (χ0) is 7.56. The molecule has 0 fully saturated rings. The van der Waals surface area contributed by atoms with Gasteiger partial charge in [0.05, 0.1) is 25.0 Å². The van der Waals surface area contributed by atoms with E-state index in [1.54, 1.807) is 0 Å². The van der Waals surface area contributed by atoms with Gasteiger partial charge >= 0.3 is 0 Å². The number of hydrogen-bond acceptors (Lipinski definition) is 4. The molecule has 0 spiro atoms. The summed E-state index contributed by atoms with van der Waals surface area (Å²) in [5.74, 6) is 0.411. The summed E-state index contributed by atoms with van der Waals surface area (Å²) in [6, 6.07) is 0. The molecule has 0 aliphatic heterocycles. The lowest BCUT2D eigenvalue weighted by Gasteiger charge is -1.99. The van der Waals surface area contributed by atoms with Gasteiger partial charge in [-0.2, -0.15) is 5.10 Å². The normalized spacial score (nSPS) is 8.42. The van der Waals surface area contributed by atoms with Gasteiger partial charge in [0.1, 0.15) is 5.82 Å². The molecule has 0 aromatic carbocycles. The highest BCUT2D eigenvalue weighted by Gasteiger charge is 2.00. The number of hydrogen-bond donors (Lipinski definition) is 3. The fraction of sp³-hybridized carbons (Fsp3) is 0.400. The molecule has 0 amide bonds. The highest BCUT2D eigenvalue weighted by Crippen LogP contribution is 2.11. The summed E-state index contributed by atoms with van der Waals surface area (Å²) in [4.78, 5) is 0. The molecular weight excluding hydrogens is 203 g/mol. The Morgan fingerprint density at radius 1 is 1.42 bits per heavy atom. The number of aromatic nitrogens is 2. The Balaban J connectivity index is 0. The van der Waals surface area contributed by atoms with Crippen molar-refractivity contribution in [3.05, 3.63) is 6.20 Å². The van der Waals surface area contributed by atoms with E-state index in [1.807, 2.05) is 0 Å². The van der Waals surface area contributed by atoms with Crippen LogP contribution < -0.4 is 11.5 Å². The molecule has 0 saturated heterocycles. The van der Waals surface area contributed by atoms with Gasteiger partial charge in [0, 0.05) is 0 Å². The molecule has 72 valence electrons. The number of aliphatic hydroxyl groups excluding tert-OH is 1. The van der Waals surface area contributed by atoms with Gasteiger partial charge in [0.25, 0.3) is 0 Å². The number of aliphatic hydroxyl groups is 1. The van der Waals surface area contributed by atoms with Crippen molar-refractivity contribution in [1.29, 1.82) is 0 Å². The van der Waals surface area contributed by atoms with Crippen molar-refractivity contribution >= 4 is 36.3 Å². The summed E-state index contributed by atoms with van der Waals surface area (Å²) in [6.07, 6.45) is 1.46. The van der Waals surface area contributed by atoms with Crippen LogP contribution in [0.2, 0.25) is 0 Å². The Morgan fingerprint density at radius 2 is 2.00 bits per heavy atom. The third-order valence-electron chi connectivity index (χ3n) is 1.22. The van der Waals surface area contributed by atoms with E-state index in [1.165, 1.54) is 10.9 Å². The van der Waals surface area contributed by atoms with E-state index in [2.05, 4.69) is 5.10 Å². The minimum atomic E-state index is 0. The van der Waals surface area contributed by atoms with Gasteiger partial charge in [0.15, 0.2) is 0 Å². The molecule has 0 saturated carbocycles. The van der Waals surface area contributed by atoms with Gasteiger partial charge in [0.2, 0.25) is 0 Å². The summed E-state index contributed by atoms with van der Waals surface area (Å²) < 4.78 is 1.45. The maximum Gasteiger partial charge on any atom is 0.145 e. The van der Waals surface area contributed by atoms with Crippen LogP contribution in [-0.2, 0) is 6.54 Å². The van der Waals surface area contributed by atoms with Crippen LogP contribution in [-0.4, -0.2) is 21.5 Å². The van der Waals surface area contributed by atoms with Crippen LogP contribution in [0.15, 0.2) is 6.20 Å². The maximum absolute atomic E-state index is 8.50. The molecule has 0 atom stereocenters. The summed E-state index contributed by atoms with van der Waals surface area (Å²) in [6.45, 7) is 0.411. The van der Waals surface area contributed by atoms with E-state index in [0.29, 0.717) is 18.1 Å². The number of halogens is 2. The molecule has 0 unspecified atom stereocenters. The minimum Gasteiger partial charge on any atom is -0.394 e. The fourth-order valence-electron chi connectivity index (χ4n) is 0.682. The Bertz CT molecular complexity index is 227. The number of anilines is 2. The van der Waals surface area contributed by atoms with Crippen LogP contribution in [0.25, 0.3) is 0 Å². The van der Waals surface area contributed by atoms with Gasteiger partial charge in [-0.3, -0.25) is 0 Å². The van der Waals surface area contributed by atoms with E-state index < -0.39 is 0 Å². The summed E-state index contributed by atoms with van der Waals surface area (Å²) in [5, 5.41) is 12.3. The van der Waals surface area contributed by atoms with Crippen LogP contribution in [0.5, 0.6) is 0 Å². The Kier molecular flexibility index (Phi) is 6.88. The van der Waals surface area contributed by atoms with Crippen molar-refractivity contribution in [2.75, 3.05) is 18.1 Å². The Morgan fingerprint density at radius 3 is 2.33 bits per heavy atom. The van der Waals surface area contributed by atoms with Crippen molar-refractivity contribution in [2.24, 2.45) is 0 Å². The second-order valence-corrected chi connectivity index (χ2v) is 1.93. The van der Waals surface area contributed by atoms with E-state index >= 15 is 0 Å². The van der Waals surface area contributed by atoms with E-state index in [0.717, 1.165) is 0 Å². The molecule has 1 heterocycles. The molecule has 0 aliphatic rings. The third kappa shape index (κ3) is 2.77. The number of nitrogen functional groups attached to an aromatic ring is 2. The predicted octanol–water partition coefficient (Wildman–Crippen LogP) is -0.117. The highest BCUT2D eigenvalue weighted by molar-refractivity contribution is 5.85. The molecule has 0 aliphatic carbocycles. The first-order valence-corrected chi connectivity index (χ1v) is 2.93. The summed E-state index contributed by atoms with van der Waals surface area (Å²) in [5.41, 5.74) is 11.3. The second kappa shape index (κ2) is 5.93. The number of nitrogens with zero attached hydrogens (tertiary/aromatic N) is 2. The van der Waals surface area contributed by atoms with Crippen LogP contribution in [0, 0.1) is 0 Å². The van der Waals surface area contributed by atoms with Crippen molar-refractivity contribution < 1.29 is 5.11 Å². The first-order chi connectivity index (χ1) is 4.75. The first-order valence-electron chi connectivity index (χ1n) is 2.93. The maximum atomic E-state index is 8.50. The molecule has 1 aromatic heterocycles. The smallest absolute Gasteiger partial charge is 0.145 e. The molecule has 7 heteroatoms. The fourth-order valence-corrected chi connectivity index (χ4v) is 0.682. The molecule has 5 nitrogen and oxygen atoms in total. The van der Waals surface area contributed by atoms with Gasteiger partial charge in [-0.1, -0.05) is 0 Å². The lowest BCUT2D eigenvalue weighted by molar-refractivity contribution is 0.270. The largest absolute Gasteiger partial charge is 0.394 e. The average molecular weight is 215 g/mol. The zero-order valence-corrected chi connectivity index (χ0v) is 7.94. The van der Waals surface area contributed by atoms with E-state index in [4.69, 9.17) is 16.6 Å². The van der Waals surface area contributed by atoms with Gasteiger partial charge in [-0.15, -0.1) is 24.8 Å². The average Bonchev–Trinajstić information content (AvgIpc) is 2.20. The number of rotatable bonds is 2. The topological polar surface area (TPSA) is 90.1 Å². The minimum absolute atomic E-state index is 0. The lowest BCUT2D eigenvalue weighted by atomic mass is 10.5. The quantitative estimate of drug-likeness (QED) is 0.641. The van der Waals surface area contributed by atoms with Crippen LogP contribution in [0.1, 0.15) is 0 Å². The zero-order valence-electron chi connectivity index (χ0n) is 6.30. The second-order valence-electron chi connectivity index (χ2n) is 1.93. The predicted molar refractivity (Wildman–Crippen MR) is 52.6 cm³/mol. The molecule has 1 rings (SSSR count). The molecule has 12 heavy (non-hydrogen) atoms. The molecule has 0 bridgehead atoms. The molecule has 5 N–H and O–H groups in total. The lowest BCUT2D eigenvalue weighted by Crippen LogP contribution is -2.07. The standard InChI is InChI=1S/C5H10N4O.2ClH/c6-4-3-8-9(1-2-10)5(4)7;;/h3,10H,1-2,6-7H2;2*1H. The van der Waals surface area contributed by atoms with Gasteiger partial charge < -0.3 is 16.6 Å². The van der Waals surface area contributed by atoms with Crippen molar-refractivity contribution in [1.82, 2.24) is 9.78 Å². The first kappa shape index (κ1) is 13.9. The molecule has 1 aromatic rings. The van der Waals surface area contributed by atoms with Crippen molar-refractivity contribution in [2.45, 2.75) is 6.54 Å². The van der Waals surface area contributed by atoms with E-state index in [9.17, 15) is 0 Å². The van der Waals surface area contributed by atoms with E-state index in [-0.39, 0.29) is 31.4 Å². The van der Waals surface area contributed by atoms with Crippen molar-refractivity contribution in [3.63, 3.8) is 0 Å². The Labute approximate surface area is 82.5 Å². The molecule has 0 radical (unpaired) electrons.